The molecule has 0 saturated heterocycles. The Labute approximate surface area is 133 Å². The fourth-order valence-corrected chi connectivity index (χ4v) is 2.61. The van der Waals surface area contributed by atoms with Crippen molar-refractivity contribution in [2.75, 3.05) is 0 Å². The predicted octanol–water partition coefficient (Wildman–Crippen LogP) is 2.25. The maximum atomic E-state index is 12.7. The number of hydrogen-bond acceptors (Lipinski definition) is 5. The van der Waals surface area contributed by atoms with Crippen LogP contribution in [0.25, 0.3) is 11.1 Å². The fourth-order valence-electron chi connectivity index (χ4n) is 2.61. The summed E-state index contributed by atoms with van der Waals surface area (Å²) in [6.07, 6.45) is 2.08. The summed E-state index contributed by atoms with van der Waals surface area (Å²) < 4.78 is 5.20. The number of carboxylic acid groups (broad SMARTS) is 1. The first-order chi connectivity index (χ1) is 10.9. The Balaban J connectivity index is 2.01. The highest BCUT2D eigenvalue weighted by molar-refractivity contribution is 6.07. The highest BCUT2D eigenvalue weighted by atomic mass is 16.5. The number of hydrogen-bond donors (Lipinski definition) is 2. The van der Waals surface area contributed by atoms with Gasteiger partial charge in [-0.3, -0.25) is 4.79 Å². The molecule has 1 saturated carbocycles. The van der Waals surface area contributed by atoms with Crippen molar-refractivity contribution in [3.05, 3.63) is 23.0 Å². The topological polar surface area (TPSA) is 105 Å². The molecule has 122 valence electrons. The Kier molecular flexibility index (Phi) is 3.79. The zero-order valence-corrected chi connectivity index (χ0v) is 13.3. The van der Waals surface area contributed by atoms with Gasteiger partial charge in [0.25, 0.3) is 11.6 Å². The normalized spacial score (nSPS) is 15.8. The van der Waals surface area contributed by atoms with Gasteiger partial charge in [0.15, 0.2) is 0 Å². The molecule has 1 fully saturated rings. The van der Waals surface area contributed by atoms with Gasteiger partial charge < -0.3 is 14.9 Å². The van der Waals surface area contributed by atoms with Crippen LogP contribution in [-0.4, -0.2) is 33.2 Å². The smallest absolute Gasteiger partial charge is 0.326 e. The summed E-state index contributed by atoms with van der Waals surface area (Å²) in [5.74, 6) is -1.37. The molecule has 1 aliphatic rings. The molecule has 7 heteroatoms. The van der Waals surface area contributed by atoms with Gasteiger partial charge in [-0.05, 0) is 31.7 Å². The molecule has 0 radical (unpaired) electrons. The lowest BCUT2D eigenvalue weighted by atomic mass is 10.0. The van der Waals surface area contributed by atoms with Gasteiger partial charge in [-0.1, -0.05) is 19.0 Å². The molecule has 0 spiro atoms. The van der Waals surface area contributed by atoms with E-state index < -0.39 is 17.9 Å². The first kappa shape index (κ1) is 15.5. The van der Waals surface area contributed by atoms with Crippen LogP contribution in [0.15, 0.2) is 10.6 Å². The third kappa shape index (κ3) is 2.91. The number of fused-ring (bicyclic) bond motifs is 1. The number of rotatable bonds is 5. The van der Waals surface area contributed by atoms with Crippen LogP contribution < -0.4 is 5.32 Å². The van der Waals surface area contributed by atoms with Crippen molar-refractivity contribution < 1.29 is 19.2 Å². The molecule has 0 aliphatic heterocycles. The van der Waals surface area contributed by atoms with Gasteiger partial charge in [-0.2, -0.15) is 0 Å². The second-order valence-electron chi connectivity index (χ2n) is 6.35. The van der Waals surface area contributed by atoms with E-state index in [4.69, 9.17) is 4.52 Å². The Morgan fingerprint density at radius 1 is 1.39 bits per heavy atom. The molecule has 0 aromatic carbocycles. The summed E-state index contributed by atoms with van der Waals surface area (Å²) in [7, 11) is 0. The summed E-state index contributed by atoms with van der Waals surface area (Å²) in [6.45, 7) is 5.24. The second kappa shape index (κ2) is 5.64. The number of carbonyl (C=O) groups excluding carboxylic acids is 1. The lowest BCUT2D eigenvalue weighted by molar-refractivity contribution is -0.140. The minimum absolute atomic E-state index is 0.222. The van der Waals surface area contributed by atoms with E-state index in [1.54, 1.807) is 26.8 Å². The lowest BCUT2D eigenvalue weighted by Crippen LogP contribution is -2.44. The van der Waals surface area contributed by atoms with E-state index in [-0.39, 0.29) is 5.92 Å². The minimum atomic E-state index is -1.05. The molecule has 2 aromatic rings. The molecule has 1 aliphatic carbocycles. The van der Waals surface area contributed by atoms with Crippen molar-refractivity contribution in [3.8, 4) is 0 Å². The quantitative estimate of drug-likeness (QED) is 0.876. The van der Waals surface area contributed by atoms with E-state index in [1.165, 1.54) is 0 Å². The Morgan fingerprint density at radius 3 is 2.65 bits per heavy atom. The average Bonchev–Trinajstić information content (AvgIpc) is 3.27. The molecule has 3 rings (SSSR count). The summed E-state index contributed by atoms with van der Waals surface area (Å²) in [5.41, 5.74) is 2.07. The van der Waals surface area contributed by atoms with Crippen molar-refractivity contribution in [1.82, 2.24) is 15.5 Å². The number of pyridine rings is 1. The van der Waals surface area contributed by atoms with E-state index in [1.807, 2.05) is 0 Å². The zero-order valence-electron chi connectivity index (χ0n) is 13.3. The highest BCUT2D eigenvalue weighted by Gasteiger charge is 2.30. The van der Waals surface area contributed by atoms with Crippen LogP contribution in [0.3, 0.4) is 0 Å². The van der Waals surface area contributed by atoms with Crippen molar-refractivity contribution >= 4 is 23.0 Å². The van der Waals surface area contributed by atoms with E-state index in [9.17, 15) is 14.7 Å². The molecule has 23 heavy (non-hydrogen) atoms. The second-order valence-corrected chi connectivity index (χ2v) is 6.35. The molecule has 7 nitrogen and oxygen atoms in total. The van der Waals surface area contributed by atoms with Crippen LogP contribution in [0, 0.1) is 12.8 Å². The first-order valence-electron chi connectivity index (χ1n) is 7.69. The van der Waals surface area contributed by atoms with E-state index in [2.05, 4.69) is 15.5 Å². The summed E-state index contributed by atoms with van der Waals surface area (Å²) >= 11 is 0. The molecule has 2 heterocycles. The van der Waals surface area contributed by atoms with Gasteiger partial charge >= 0.3 is 5.97 Å². The third-order valence-corrected chi connectivity index (χ3v) is 4.10. The van der Waals surface area contributed by atoms with Crippen LogP contribution in [0.2, 0.25) is 0 Å². The molecule has 1 amide bonds. The molecule has 2 N–H and O–H groups in total. The van der Waals surface area contributed by atoms with Crippen molar-refractivity contribution in [3.63, 3.8) is 0 Å². The van der Waals surface area contributed by atoms with Crippen molar-refractivity contribution in [2.24, 2.45) is 5.92 Å². The Morgan fingerprint density at radius 2 is 2.09 bits per heavy atom. The van der Waals surface area contributed by atoms with Gasteiger partial charge in [0, 0.05) is 11.6 Å². The first-order valence-corrected chi connectivity index (χ1v) is 7.69. The van der Waals surface area contributed by atoms with Crippen molar-refractivity contribution in [2.45, 2.75) is 45.6 Å². The number of aliphatic carboxylic acids is 1. The molecule has 1 atom stereocenters. The molecular weight excluding hydrogens is 298 g/mol. The van der Waals surface area contributed by atoms with Gasteiger partial charge in [0.2, 0.25) is 0 Å². The largest absolute Gasteiger partial charge is 0.480 e. The van der Waals surface area contributed by atoms with Crippen LogP contribution in [0.5, 0.6) is 0 Å². The Bertz CT molecular complexity index is 777. The number of carboxylic acids is 1. The van der Waals surface area contributed by atoms with Crippen LogP contribution in [-0.2, 0) is 4.79 Å². The molecule has 0 unspecified atom stereocenters. The molecular formula is C16H19N3O4. The molecule has 2 aromatic heterocycles. The number of carbonyl (C=O) groups is 2. The highest BCUT2D eigenvalue weighted by Crippen LogP contribution is 2.40. The number of nitrogens with one attached hydrogen (secondary N) is 1. The average molecular weight is 317 g/mol. The summed E-state index contributed by atoms with van der Waals surface area (Å²) in [6, 6.07) is 0.786. The van der Waals surface area contributed by atoms with E-state index in [0.29, 0.717) is 28.3 Å². The zero-order chi connectivity index (χ0) is 16.7. The molecule has 0 bridgehead atoms. The van der Waals surface area contributed by atoms with Crippen molar-refractivity contribution in [1.29, 1.82) is 0 Å². The standard InChI is InChI=1S/C16H19N3O4/c1-7(2)13(16(21)22)18-14(20)10-6-11(9-4-5-9)17-15-12(10)8(3)19-23-15/h6-7,9,13H,4-5H2,1-3H3,(H,18,20)(H,21,22)/t13-/m0/s1. The lowest BCUT2D eigenvalue weighted by Gasteiger charge is -2.18. The SMILES string of the molecule is Cc1noc2nc(C3CC3)cc(C(=O)N[C@H](C(=O)O)C(C)C)c12. The maximum Gasteiger partial charge on any atom is 0.326 e. The van der Waals surface area contributed by atoms with Crippen LogP contribution >= 0.6 is 0 Å². The van der Waals surface area contributed by atoms with Gasteiger partial charge in [0.05, 0.1) is 16.6 Å². The number of aryl methyl sites for hydroxylation is 1. The van der Waals surface area contributed by atoms with Crippen LogP contribution in [0.4, 0.5) is 0 Å². The predicted molar refractivity (Wildman–Crippen MR) is 82.2 cm³/mol. The Hall–Kier alpha value is -2.44. The van der Waals surface area contributed by atoms with Crippen LogP contribution in [0.1, 0.15) is 54.4 Å². The van der Waals surface area contributed by atoms with Gasteiger partial charge in [0.1, 0.15) is 6.04 Å². The number of aromatic nitrogens is 2. The summed E-state index contributed by atoms with van der Waals surface area (Å²) in [4.78, 5) is 28.4. The maximum absolute atomic E-state index is 12.7. The third-order valence-electron chi connectivity index (χ3n) is 4.10. The monoisotopic (exact) mass is 317 g/mol. The van der Waals surface area contributed by atoms with Gasteiger partial charge in [-0.15, -0.1) is 0 Å². The number of amides is 1. The van der Waals surface area contributed by atoms with Gasteiger partial charge in [-0.25, -0.2) is 9.78 Å². The van der Waals surface area contributed by atoms with E-state index in [0.717, 1.165) is 18.5 Å². The van der Waals surface area contributed by atoms with E-state index >= 15 is 0 Å². The number of nitrogens with zero attached hydrogens (tertiary/aromatic N) is 2. The summed E-state index contributed by atoms with van der Waals surface area (Å²) in [5, 5.41) is 16.3. The fraction of sp³-hybridized carbons (Fsp3) is 0.500. The minimum Gasteiger partial charge on any atom is -0.480 e.